The fraction of sp³-hybridized carbons (Fsp3) is 0.111. The Morgan fingerprint density at radius 3 is 2.32 bits per heavy atom. The smallest absolute Gasteiger partial charge is 0.301 e. The lowest BCUT2D eigenvalue weighted by Crippen LogP contribution is -2.08. The molecule has 0 saturated heterocycles. The SMILES string of the molecule is O=c1cc(-c2ccccc2)nc(SCc2ccc(C(F)(F)F)cc2)[nH]1. The Morgan fingerprint density at radius 1 is 1.00 bits per heavy atom. The van der Waals surface area contributed by atoms with Crippen molar-refractivity contribution >= 4 is 11.8 Å². The van der Waals surface area contributed by atoms with Crippen molar-refractivity contribution in [2.24, 2.45) is 0 Å². The summed E-state index contributed by atoms with van der Waals surface area (Å²) in [4.78, 5) is 18.9. The minimum absolute atomic E-state index is 0.274. The molecule has 0 aliphatic heterocycles. The van der Waals surface area contributed by atoms with E-state index in [4.69, 9.17) is 0 Å². The summed E-state index contributed by atoms with van der Waals surface area (Å²) in [6, 6.07) is 15.6. The number of aromatic nitrogens is 2. The van der Waals surface area contributed by atoms with Gasteiger partial charge in [0.25, 0.3) is 5.56 Å². The predicted octanol–water partition coefficient (Wildman–Crippen LogP) is 4.75. The quantitative estimate of drug-likeness (QED) is 0.538. The van der Waals surface area contributed by atoms with Crippen LogP contribution in [-0.2, 0) is 11.9 Å². The van der Waals surface area contributed by atoms with Crippen LogP contribution in [0.4, 0.5) is 13.2 Å². The van der Waals surface area contributed by atoms with Crippen molar-refractivity contribution in [3.8, 4) is 11.3 Å². The summed E-state index contributed by atoms with van der Waals surface area (Å²) < 4.78 is 37.7. The van der Waals surface area contributed by atoms with Crippen LogP contribution in [0.25, 0.3) is 11.3 Å². The van der Waals surface area contributed by atoms with E-state index in [0.29, 0.717) is 22.2 Å². The molecule has 3 rings (SSSR count). The minimum Gasteiger partial charge on any atom is -0.301 e. The lowest BCUT2D eigenvalue weighted by Gasteiger charge is -2.08. The van der Waals surface area contributed by atoms with Crippen LogP contribution in [0.2, 0.25) is 0 Å². The Labute approximate surface area is 145 Å². The highest BCUT2D eigenvalue weighted by atomic mass is 32.2. The van der Waals surface area contributed by atoms with Crippen LogP contribution in [0.3, 0.4) is 0 Å². The highest BCUT2D eigenvalue weighted by Gasteiger charge is 2.29. The molecule has 3 aromatic rings. The fourth-order valence-corrected chi connectivity index (χ4v) is 3.03. The molecule has 2 aromatic carbocycles. The lowest BCUT2D eigenvalue weighted by molar-refractivity contribution is -0.137. The second kappa shape index (κ2) is 7.14. The van der Waals surface area contributed by atoms with E-state index in [2.05, 4.69) is 9.97 Å². The predicted molar refractivity (Wildman–Crippen MR) is 91.3 cm³/mol. The van der Waals surface area contributed by atoms with Gasteiger partial charge in [0.2, 0.25) is 0 Å². The summed E-state index contributed by atoms with van der Waals surface area (Å²) in [5.74, 6) is 0.402. The van der Waals surface area contributed by atoms with Crippen molar-refractivity contribution < 1.29 is 13.2 Å². The average molecular weight is 362 g/mol. The molecule has 0 unspecified atom stereocenters. The van der Waals surface area contributed by atoms with Gasteiger partial charge in [-0.3, -0.25) is 4.79 Å². The Bertz CT molecular complexity index is 906. The third-order valence-corrected chi connectivity index (χ3v) is 4.39. The molecule has 0 aliphatic carbocycles. The van der Waals surface area contributed by atoms with E-state index in [1.165, 1.54) is 30.0 Å². The molecule has 0 radical (unpaired) electrons. The fourth-order valence-electron chi connectivity index (χ4n) is 2.20. The van der Waals surface area contributed by atoms with E-state index in [-0.39, 0.29) is 5.56 Å². The topological polar surface area (TPSA) is 45.8 Å². The van der Waals surface area contributed by atoms with Crippen LogP contribution in [0, 0.1) is 0 Å². The van der Waals surface area contributed by atoms with Gasteiger partial charge in [-0.1, -0.05) is 54.2 Å². The second-order valence-electron chi connectivity index (χ2n) is 5.29. The van der Waals surface area contributed by atoms with Gasteiger partial charge in [0.05, 0.1) is 11.3 Å². The van der Waals surface area contributed by atoms with Crippen molar-refractivity contribution in [3.63, 3.8) is 0 Å². The van der Waals surface area contributed by atoms with Gasteiger partial charge in [0, 0.05) is 17.4 Å². The summed E-state index contributed by atoms with van der Waals surface area (Å²) in [7, 11) is 0. The number of halogens is 3. The van der Waals surface area contributed by atoms with Crippen LogP contribution in [0.5, 0.6) is 0 Å². The minimum atomic E-state index is -4.34. The molecule has 25 heavy (non-hydrogen) atoms. The van der Waals surface area contributed by atoms with Crippen LogP contribution in [0.15, 0.2) is 70.6 Å². The van der Waals surface area contributed by atoms with Gasteiger partial charge in [-0.15, -0.1) is 0 Å². The first-order valence-electron chi connectivity index (χ1n) is 7.37. The summed E-state index contributed by atoms with van der Waals surface area (Å²) >= 11 is 1.26. The highest BCUT2D eigenvalue weighted by Crippen LogP contribution is 2.30. The number of aromatic amines is 1. The zero-order valence-corrected chi connectivity index (χ0v) is 13.7. The van der Waals surface area contributed by atoms with Gasteiger partial charge in [0.15, 0.2) is 5.16 Å². The van der Waals surface area contributed by atoms with E-state index in [1.807, 2.05) is 30.3 Å². The van der Waals surface area contributed by atoms with Gasteiger partial charge in [0.1, 0.15) is 0 Å². The molecule has 0 fully saturated rings. The van der Waals surface area contributed by atoms with Crippen molar-refractivity contribution in [1.82, 2.24) is 9.97 Å². The van der Waals surface area contributed by atoms with E-state index >= 15 is 0 Å². The maximum atomic E-state index is 12.6. The lowest BCUT2D eigenvalue weighted by atomic mass is 10.1. The first-order chi connectivity index (χ1) is 11.9. The third-order valence-electron chi connectivity index (χ3n) is 3.45. The highest BCUT2D eigenvalue weighted by molar-refractivity contribution is 7.98. The number of nitrogens with one attached hydrogen (secondary N) is 1. The maximum absolute atomic E-state index is 12.6. The molecule has 0 spiro atoms. The Kier molecular flexibility index (Phi) is 4.94. The molecule has 0 atom stereocenters. The Hall–Kier alpha value is -2.54. The molecule has 1 N–H and O–H groups in total. The van der Waals surface area contributed by atoms with Crippen molar-refractivity contribution in [1.29, 1.82) is 0 Å². The third kappa shape index (κ3) is 4.51. The summed E-state index contributed by atoms with van der Waals surface area (Å²) in [5, 5.41) is 0.422. The molecule has 1 aromatic heterocycles. The summed E-state index contributed by atoms with van der Waals surface area (Å²) in [6.45, 7) is 0. The second-order valence-corrected chi connectivity index (χ2v) is 6.25. The van der Waals surface area contributed by atoms with Crippen LogP contribution in [-0.4, -0.2) is 9.97 Å². The number of benzene rings is 2. The monoisotopic (exact) mass is 362 g/mol. The number of alkyl halides is 3. The van der Waals surface area contributed by atoms with Gasteiger partial charge in [-0.2, -0.15) is 13.2 Å². The first kappa shape index (κ1) is 17.3. The molecule has 0 bridgehead atoms. The number of H-pyrrole nitrogens is 1. The normalized spacial score (nSPS) is 11.5. The molecule has 0 saturated carbocycles. The van der Waals surface area contributed by atoms with E-state index < -0.39 is 11.7 Å². The van der Waals surface area contributed by atoms with E-state index in [0.717, 1.165) is 17.7 Å². The maximum Gasteiger partial charge on any atom is 0.416 e. The molecular formula is C18H13F3N2OS. The van der Waals surface area contributed by atoms with Crippen LogP contribution >= 0.6 is 11.8 Å². The van der Waals surface area contributed by atoms with Gasteiger partial charge < -0.3 is 4.98 Å². The number of rotatable bonds is 4. The molecule has 1 heterocycles. The molecule has 128 valence electrons. The summed E-state index contributed by atoms with van der Waals surface area (Å²) in [5.41, 5.74) is 1.14. The summed E-state index contributed by atoms with van der Waals surface area (Å²) in [6.07, 6.45) is -4.34. The van der Waals surface area contributed by atoms with E-state index in [9.17, 15) is 18.0 Å². The van der Waals surface area contributed by atoms with Gasteiger partial charge in [-0.25, -0.2) is 4.98 Å². The standard InChI is InChI=1S/C18H13F3N2OS/c19-18(20,21)14-8-6-12(7-9-14)11-25-17-22-15(10-16(24)23-17)13-4-2-1-3-5-13/h1-10H,11H2,(H,22,23,24). The first-order valence-corrected chi connectivity index (χ1v) is 8.36. The average Bonchev–Trinajstić information content (AvgIpc) is 2.60. The largest absolute Gasteiger partial charge is 0.416 e. The number of hydrogen-bond acceptors (Lipinski definition) is 3. The molecule has 0 amide bonds. The zero-order valence-electron chi connectivity index (χ0n) is 12.9. The molecule has 3 nitrogen and oxygen atoms in total. The van der Waals surface area contributed by atoms with Gasteiger partial charge >= 0.3 is 6.18 Å². The number of nitrogens with zero attached hydrogens (tertiary/aromatic N) is 1. The number of thioether (sulfide) groups is 1. The van der Waals surface area contributed by atoms with Crippen molar-refractivity contribution in [2.75, 3.05) is 0 Å². The Morgan fingerprint density at radius 2 is 1.68 bits per heavy atom. The molecule has 7 heteroatoms. The zero-order chi connectivity index (χ0) is 17.9. The van der Waals surface area contributed by atoms with Crippen molar-refractivity contribution in [3.05, 3.63) is 82.1 Å². The van der Waals surface area contributed by atoms with Crippen molar-refractivity contribution in [2.45, 2.75) is 17.1 Å². The van der Waals surface area contributed by atoms with Crippen LogP contribution in [0.1, 0.15) is 11.1 Å². The molecular weight excluding hydrogens is 349 g/mol. The van der Waals surface area contributed by atoms with Gasteiger partial charge in [-0.05, 0) is 17.7 Å². The van der Waals surface area contributed by atoms with E-state index in [1.54, 1.807) is 0 Å². The Balaban J connectivity index is 1.75. The van der Waals surface area contributed by atoms with Crippen LogP contribution < -0.4 is 5.56 Å². The number of hydrogen-bond donors (Lipinski definition) is 1. The molecule has 0 aliphatic rings.